The van der Waals surface area contributed by atoms with Gasteiger partial charge in [-0.3, -0.25) is 0 Å². The summed E-state index contributed by atoms with van der Waals surface area (Å²) in [6.45, 7) is 0. The summed E-state index contributed by atoms with van der Waals surface area (Å²) in [6, 6.07) is 61.9. The van der Waals surface area contributed by atoms with Gasteiger partial charge < -0.3 is 4.42 Å². The van der Waals surface area contributed by atoms with E-state index in [-0.39, 0.29) is 0 Å². The van der Waals surface area contributed by atoms with E-state index < -0.39 is 0 Å². The molecule has 1 aliphatic carbocycles. The fraction of sp³-hybridized carbons (Fsp3) is 0. The van der Waals surface area contributed by atoms with Gasteiger partial charge in [0.1, 0.15) is 11.2 Å². The molecule has 0 aliphatic heterocycles. The van der Waals surface area contributed by atoms with Crippen LogP contribution in [0.5, 0.6) is 0 Å². The molecule has 0 fully saturated rings. The maximum Gasteiger partial charge on any atom is 0.143 e. The van der Waals surface area contributed by atoms with Gasteiger partial charge in [-0.05, 0) is 82.9 Å². The van der Waals surface area contributed by atoms with Crippen molar-refractivity contribution in [2.24, 2.45) is 0 Å². The van der Waals surface area contributed by atoms with Crippen LogP contribution in [0.3, 0.4) is 0 Å². The Kier molecular flexibility index (Phi) is 5.45. The van der Waals surface area contributed by atoms with Crippen molar-refractivity contribution in [2.75, 3.05) is 0 Å². The Morgan fingerprint density at radius 3 is 1.31 bits per heavy atom. The van der Waals surface area contributed by atoms with Crippen molar-refractivity contribution in [2.45, 2.75) is 0 Å². The Labute approximate surface area is 283 Å². The standard InChI is InChI=1S/C48H28O/c1-2-14-30-29(13-1)35-22-11-23-36-32(27-28-41(30)45(35)36)31-15-3-4-17-34(31)46-37-18-5-7-20-39(37)47(40-21-8-6-19-38(40)46)43-25-12-24-42-33-16-9-10-26-44(33)49-48(42)43/h1-28H. The van der Waals surface area contributed by atoms with E-state index in [9.17, 15) is 0 Å². The molecule has 1 heteroatoms. The van der Waals surface area contributed by atoms with Crippen molar-refractivity contribution in [3.05, 3.63) is 170 Å². The molecule has 0 bridgehead atoms. The summed E-state index contributed by atoms with van der Waals surface area (Å²) in [7, 11) is 0. The fourth-order valence-electron chi connectivity index (χ4n) is 8.63. The molecule has 1 nitrogen and oxygen atoms in total. The fourth-order valence-corrected chi connectivity index (χ4v) is 8.63. The third-order valence-electron chi connectivity index (χ3n) is 10.6. The van der Waals surface area contributed by atoms with Crippen molar-refractivity contribution in [3.8, 4) is 55.6 Å². The van der Waals surface area contributed by atoms with E-state index in [4.69, 9.17) is 4.42 Å². The number of para-hydroxylation sites is 2. The van der Waals surface area contributed by atoms with Gasteiger partial charge in [0.15, 0.2) is 0 Å². The van der Waals surface area contributed by atoms with E-state index >= 15 is 0 Å². The van der Waals surface area contributed by atoms with E-state index in [1.807, 2.05) is 6.07 Å². The van der Waals surface area contributed by atoms with Crippen LogP contribution in [-0.4, -0.2) is 0 Å². The lowest BCUT2D eigenvalue weighted by atomic mass is 9.83. The number of furan rings is 1. The number of fused-ring (bicyclic) bond motifs is 8. The maximum atomic E-state index is 6.62. The minimum Gasteiger partial charge on any atom is -0.455 e. The van der Waals surface area contributed by atoms with Crippen LogP contribution in [0.1, 0.15) is 0 Å². The summed E-state index contributed by atoms with van der Waals surface area (Å²) in [5, 5.41) is 9.83. The van der Waals surface area contributed by atoms with Crippen molar-refractivity contribution in [1.82, 2.24) is 0 Å². The molecule has 0 atom stereocenters. The SMILES string of the molecule is c1ccc(-c2ccc3c4c(cccc24)-c2ccccc2-3)c(-c2c3ccccc3c(-c3cccc4c3oc3ccccc34)c3ccccc23)c1. The predicted octanol–water partition coefficient (Wildman–Crippen LogP) is 13.7. The predicted molar refractivity (Wildman–Crippen MR) is 207 cm³/mol. The van der Waals surface area contributed by atoms with Crippen LogP contribution in [0.2, 0.25) is 0 Å². The summed E-state index contributed by atoms with van der Waals surface area (Å²) >= 11 is 0. The first-order valence-electron chi connectivity index (χ1n) is 16.9. The largest absolute Gasteiger partial charge is 0.455 e. The molecule has 10 aromatic rings. The average Bonchev–Trinajstić information content (AvgIpc) is 3.71. The minimum atomic E-state index is 0.914. The van der Waals surface area contributed by atoms with E-state index in [0.717, 1.165) is 27.5 Å². The zero-order valence-electron chi connectivity index (χ0n) is 26.6. The summed E-state index contributed by atoms with van der Waals surface area (Å²) in [5.74, 6) is 0. The number of benzene rings is 9. The molecule has 9 aromatic carbocycles. The van der Waals surface area contributed by atoms with Crippen molar-refractivity contribution in [3.63, 3.8) is 0 Å². The van der Waals surface area contributed by atoms with Crippen LogP contribution in [-0.2, 0) is 0 Å². The van der Waals surface area contributed by atoms with Crippen molar-refractivity contribution < 1.29 is 4.42 Å². The Morgan fingerprint density at radius 1 is 0.245 bits per heavy atom. The number of rotatable bonds is 3. The molecule has 0 spiro atoms. The monoisotopic (exact) mass is 620 g/mol. The smallest absolute Gasteiger partial charge is 0.143 e. The highest BCUT2D eigenvalue weighted by Gasteiger charge is 2.25. The first-order valence-corrected chi connectivity index (χ1v) is 16.9. The van der Waals surface area contributed by atoms with Gasteiger partial charge in [-0.25, -0.2) is 0 Å². The van der Waals surface area contributed by atoms with Gasteiger partial charge in [0.05, 0.1) is 0 Å². The lowest BCUT2D eigenvalue weighted by Gasteiger charge is -2.20. The molecular weight excluding hydrogens is 593 g/mol. The molecule has 1 aromatic heterocycles. The Hall–Kier alpha value is -6.44. The Balaban J connectivity index is 1.22. The summed E-state index contributed by atoms with van der Waals surface area (Å²) < 4.78 is 6.62. The molecule has 11 rings (SSSR count). The van der Waals surface area contributed by atoms with E-state index in [0.29, 0.717) is 0 Å². The third-order valence-corrected chi connectivity index (χ3v) is 10.6. The zero-order chi connectivity index (χ0) is 32.1. The van der Waals surface area contributed by atoms with E-state index in [1.165, 1.54) is 82.4 Å². The summed E-state index contributed by atoms with van der Waals surface area (Å²) in [6.07, 6.45) is 0. The summed E-state index contributed by atoms with van der Waals surface area (Å²) in [4.78, 5) is 0. The van der Waals surface area contributed by atoms with Gasteiger partial charge in [-0.1, -0.05) is 164 Å². The summed E-state index contributed by atoms with van der Waals surface area (Å²) in [5.41, 5.74) is 14.4. The van der Waals surface area contributed by atoms with Gasteiger partial charge in [-0.2, -0.15) is 0 Å². The van der Waals surface area contributed by atoms with Crippen LogP contribution in [0.15, 0.2) is 174 Å². The molecule has 0 N–H and O–H groups in total. The Morgan fingerprint density at radius 2 is 0.653 bits per heavy atom. The highest BCUT2D eigenvalue weighted by molar-refractivity contribution is 6.26. The second-order valence-electron chi connectivity index (χ2n) is 13.1. The molecule has 0 unspecified atom stereocenters. The maximum absolute atomic E-state index is 6.62. The first-order chi connectivity index (χ1) is 24.3. The highest BCUT2D eigenvalue weighted by Crippen LogP contribution is 2.52. The molecule has 0 saturated heterocycles. The third kappa shape index (κ3) is 3.65. The van der Waals surface area contributed by atoms with Crippen LogP contribution in [0.4, 0.5) is 0 Å². The zero-order valence-corrected chi connectivity index (χ0v) is 26.6. The topological polar surface area (TPSA) is 13.1 Å². The van der Waals surface area contributed by atoms with Gasteiger partial charge >= 0.3 is 0 Å². The molecule has 1 heterocycles. The van der Waals surface area contributed by atoms with Crippen LogP contribution < -0.4 is 0 Å². The normalized spacial score (nSPS) is 12.1. The van der Waals surface area contributed by atoms with Crippen molar-refractivity contribution in [1.29, 1.82) is 0 Å². The van der Waals surface area contributed by atoms with Crippen LogP contribution >= 0.6 is 0 Å². The first kappa shape index (κ1) is 26.6. The lowest BCUT2D eigenvalue weighted by molar-refractivity contribution is 0.670. The van der Waals surface area contributed by atoms with Gasteiger partial charge in [0.2, 0.25) is 0 Å². The van der Waals surface area contributed by atoms with E-state index in [1.54, 1.807) is 0 Å². The molecule has 49 heavy (non-hydrogen) atoms. The molecular formula is C48H28O. The minimum absolute atomic E-state index is 0.914. The molecule has 0 radical (unpaired) electrons. The number of hydrogen-bond donors (Lipinski definition) is 0. The molecule has 0 amide bonds. The molecule has 1 aliphatic rings. The molecule has 226 valence electrons. The number of hydrogen-bond acceptors (Lipinski definition) is 1. The van der Waals surface area contributed by atoms with Crippen molar-refractivity contribution >= 4 is 54.3 Å². The quantitative estimate of drug-likeness (QED) is 0.179. The van der Waals surface area contributed by atoms with Gasteiger partial charge in [-0.15, -0.1) is 0 Å². The second kappa shape index (κ2) is 10.0. The second-order valence-corrected chi connectivity index (χ2v) is 13.1. The lowest BCUT2D eigenvalue weighted by Crippen LogP contribution is -1.93. The molecule has 0 saturated carbocycles. The van der Waals surface area contributed by atoms with E-state index in [2.05, 4.69) is 164 Å². The Bertz CT molecular complexity index is 2910. The van der Waals surface area contributed by atoms with Gasteiger partial charge in [0.25, 0.3) is 0 Å². The highest BCUT2D eigenvalue weighted by atomic mass is 16.3. The van der Waals surface area contributed by atoms with Crippen LogP contribution in [0.25, 0.3) is 110 Å². The van der Waals surface area contributed by atoms with Gasteiger partial charge in [0, 0.05) is 21.9 Å². The average molecular weight is 621 g/mol. The van der Waals surface area contributed by atoms with Crippen LogP contribution in [0, 0.1) is 0 Å².